The molecule has 3 rings (SSSR count). The highest BCUT2D eigenvalue weighted by Gasteiger charge is 2.32. The number of urea groups is 1. The van der Waals surface area contributed by atoms with Gasteiger partial charge in [-0.3, -0.25) is 9.80 Å². The predicted octanol–water partition coefficient (Wildman–Crippen LogP) is 2.37. The van der Waals surface area contributed by atoms with Crippen LogP contribution in [0.5, 0.6) is 0 Å². The molecule has 0 bridgehead atoms. The molecule has 0 saturated carbocycles. The third-order valence-electron chi connectivity index (χ3n) is 5.25. The molecule has 5 nitrogen and oxygen atoms in total. The molecule has 0 aromatic heterocycles. The second-order valence-corrected chi connectivity index (χ2v) is 7.36. The lowest BCUT2D eigenvalue weighted by Gasteiger charge is -2.32. The van der Waals surface area contributed by atoms with Crippen molar-refractivity contribution in [1.29, 1.82) is 0 Å². The maximum absolute atomic E-state index is 12.4. The average Bonchev–Trinajstić information content (AvgIpc) is 2.62. The summed E-state index contributed by atoms with van der Waals surface area (Å²) in [5, 5.41) is 5.74. The van der Waals surface area contributed by atoms with Crippen LogP contribution in [0.2, 0.25) is 0 Å². The summed E-state index contributed by atoms with van der Waals surface area (Å²) >= 11 is 0. The van der Waals surface area contributed by atoms with E-state index < -0.39 is 12.7 Å². The van der Waals surface area contributed by atoms with Gasteiger partial charge in [-0.05, 0) is 30.4 Å². The molecule has 150 valence electrons. The van der Waals surface area contributed by atoms with Crippen LogP contribution in [-0.4, -0.2) is 67.3 Å². The van der Waals surface area contributed by atoms with Crippen molar-refractivity contribution in [2.75, 3.05) is 39.3 Å². The molecule has 0 spiro atoms. The number of amides is 2. The topological polar surface area (TPSA) is 47.6 Å². The fraction of sp³-hybridized carbons (Fsp3) is 0.632. The molecule has 8 heteroatoms. The number of hydrogen-bond acceptors (Lipinski definition) is 3. The van der Waals surface area contributed by atoms with E-state index in [9.17, 15) is 18.0 Å². The summed E-state index contributed by atoms with van der Waals surface area (Å²) in [5.74, 6) is 0. The summed E-state index contributed by atoms with van der Waals surface area (Å²) in [7, 11) is 0. The van der Waals surface area contributed by atoms with Crippen molar-refractivity contribution in [1.82, 2.24) is 20.4 Å². The van der Waals surface area contributed by atoms with E-state index in [2.05, 4.69) is 33.7 Å². The van der Waals surface area contributed by atoms with Crippen molar-refractivity contribution < 1.29 is 18.0 Å². The minimum Gasteiger partial charge on any atom is -0.337 e. The van der Waals surface area contributed by atoms with Gasteiger partial charge in [0.2, 0.25) is 0 Å². The Bertz CT molecular complexity index is 630. The second kappa shape index (κ2) is 8.93. The minimum absolute atomic E-state index is 0.0589. The standard InChI is InChI=1S/C19H27F3N4O/c20-19(21,22)14-26-10-6-17(7-11-26)24-18(27)23-8-12-25-9-5-15-3-1-2-4-16(15)13-25/h1-4,17H,5-14H2,(H2,23,24,27). The van der Waals surface area contributed by atoms with Crippen molar-refractivity contribution in [3.05, 3.63) is 35.4 Å². The van der Waals surface area contributed by atoms with E-state index in [0.717, 1.165) is 26.1 Å². The van der Waals surface area contributed by atoms with Crippen molar-refractivity contribution in [3.63, 3.8) is 0 Å². The Morgan fingerprint density at radius 3 is 2.48 bits per heavy atom. The molecule has 1 saturated heterocycles. The van der Waals surface area contributed by atoms with Gasteiger partial charge in [0.15, 0.2) is 0 Å². The zero-order valence-electron chi connectivity index (χ0n) is 15.4. The smallest absolute Gasteiger partial charge is 0.337 e. The molecular weight excluding hydrogens is 357 g/mol. The lowest BCUT2D eigenvalue weighted by Crippen LogP contribution is -2.50. The molecule has 0 unspecified atom stereocenters. The van der Waals surface area contributed by atoms with Crippen molar-refractivity contribution in [2.24, 2.45) is 0 Å². The number of carbonyl (C=O) groups is 1. The van der Waals surface area contributed by atoms with Crippen molar-refractivity contribution in [3.8, 4) is 0 Å². The van der Waals surface area contributed by atoms with Crippen LogP contribution in [0.15, 0.2) is 24.3 Å². The first kappa shape index (κ1) is 19.9. The molecule has 27 heavy (non-hydrogen) atoms. The summed E-state index contributed by atoms with van der Waals surface area (Å²) in [6.07, 6.45) is -2.04. The molecule has 0 radical (unpaired) electrons. The van der Waals surface area contributed by atoms with E-state index in [1.165, 1.54) is 16.0 Å². The quantitative estimate of drug-likeness (QED) is 0.820. The summed E-state index contributed by atoms with van der Waals surface area (Å²) in [6.45, 7) is 3.07. The van der Waals surface area contributed by atoms with Gasteiger partial charge >= 0.3 is 12.2 Å². The number of piperidine rings is 1. The largest absolute Gasteiger partial charge is 0.401 e. The minimum atomic E-state index is -4.16. The fourth-order valence-electron chi connectivity index (χ4n) is 3.80. The molecule has 2 aliphatic rings. The Kier molecular flexibility index (Phi) is 6.59. The Morgan fingerprint density at radius 1 is 1.07 bits per heavy atom. The van der Waals surface area contributed by atoms with E-state index in [4.69, 9.17) is 0 Å². The highest BCUT2D eigenvalue weighted by molar-refractivity contribution is 5.74. The van der Waals surface area contributed by atoms with Gasteiger partial charge in [-0.15, -0.1) is 0 Å². The Balaban J connectivity index is 1.31. The van der Waals surface area contributed by atoms with E-state index >= 15 is 0 Å². The normalized spacial score (nSPS) is 19.5. The number of likely N-dealkylation sites (tertiary alicyclic amines) is 1. The van der Waals surface area contributed by atoms with Gasteiger partial charge in [0, 0.05) is 45.3 Å². The number of benzene rings is 1. The highest BCUT2D eigenvalue weighted by atomic mass is 19.4. The predicted molar refractivity (Wildman–Crippen MR) is 97.5 cm³/mol. The van der Waals surface area contributed by atoms with Gasteiger partial charge < -0.3 is 10.6 Å². The molecular formula is C19H27F3N4O. The Hall–Kier alpha value is -1.80. The SMILES string of the molecule is O=C(NCCN1CCc2ccccc2C1)NC1CCN(CC(F)(F)F)CC1. The van der Waals surface area contributed by atoms with Gasteiger partial charge in [0.25, 0.3) is 0 Å². The van der Waals surface area contributed by atoms with Crippen molar-refractivity contribution >= 4 is 6.03 Å². The summed E-state index contributed by atoms with van der Waals surface area (Å²) in [4.78, 5) is 15.7. The monoisotopic (exact) mass is 384 g/mol. The number of nitrogens with zero attached hydrogens (tertiary/aromatic N) is 2. The zero-order chi connectivity index (χ0) is 19.3. The van der Waals surface area contributed by atoms with Crippen LogP contribution < -0.4 is 10.6 Å². The lowest BCUT2D eigenvalue weighted by molar-refractivity contribution is -0.148. The third-order valence-corrected chi connectivity index (χ3v) is 5.25. The molecule has 1 aromatic carbocycles. The van der Waals surface area contributed by atoms with E-state index in [1.54, 1.807) is 0 Å². The molecule has 2 N–H and O–H groups in total. The van der Waals surface area contributed by atoms with Crippen LogP contribution in [0.25, 0.3) is 0 Å². The number of carbonyl (C=O) groups excluding carboxylic acids is 1. The van der Waals surface area contributed by atoms with E-state index in [0.29, 0.717) is 32.5 Å². The number of hydrogen-bond donors (Lipinski definition) is 2. The van der Waals surface area contributed by atoms with Gasteiger partial charge in [-0.25, -0.2) is 4.79 Å². The molecule has 2 amide bonds. The van der Waals surface area contributed by atoms with Gasteiger partial charge in [-0.1, -0.05) is 24.3 Å². The maximum Gasteiger partial charge on any atom is 0.401 e. The zero-order valence-corrected chi connectivity index (χ0v) is 15.4. The maximum atomic E-state index is 12.4. The van der Waals surface area contributed by atoms with Crippen LogP contribution in [-0.2, 0) is 13.0 Å². The molecule has 0 aliphatic carbocycles. The van der Waals surface area contributed by atoms with Crippen LogP contribution in [0.4, 0.5) is 18.0 Å². The summed E-state index contributed by atoms with van der Waals surface area (Å²) in [6, 6.07) is 8.13. The van der Waals surface area contributed by atoms with Gasteiger partial charge in [-0.2, -0.15) is 13.2 Å². The molecule has 1 fully saturated rings. The first-order valence-electron chi connectivity index (χ1n) is 9.52. The van der Waals surface area contributed by atoms with Crippen LogP contribution in [0.3, 0.4) is 0 Å². The average molecular weight is 384 g/mol. The number of fused-ring (bicyclic) bond motifs is 1. The van der Waals surface area contributed by atoms with Crippen LogP contribution >= 0.6 is 0 Å². The number of alkyl halides is 3. The van der Waals surface area contributed by atoms with Gasteiger partial charge in [0.05, 0.1) is 6.54 Å². The molecule has 2 aliphatic heterocycles. The Labute approximate surface area is 157 Å². The highest BCUT2D eigenvalue weighted by Crippen LogP contribution is 2.20. The second-order valence-electron chi connectivity index (χ2n) is 7.36. The van der Waals surface area contributed by atoms with E-state index in [-0.39, 0.29) is 12.1 Å². The number of halogens is 3. The summed E-state index contributed by atoms with van der Waals surface area (Å²) in [5.41, 5.74) is 2.75. The third kappa shape index (κ3) is 6.39. The van der Waals surface area contributed by atoms with Crippen LogP contribution in [0.1, 0.15) is 24.0 Å². The molecule has 1 aromatic rings. The number of nitrogens with one attached hydrogen (secondary N) is 2. The van der Waals surface area contributed by atoms with E-state index in [1.807, 2.05) is 6.07 Å². The molecule has 2 heterocycles. The first-order valence-corrected chi connectivity index (χ1v) is 9.52. The Morgan fingerprint density at radius 2 is 1.78 bits per heavy atom. The fourth-order valence-corrected chi connectivity index (χ4v) is 3.80. The lowest BCUT2D eigenvalue weighted by atomic mass is 10.00. The van der Waals surface area contributed by atoms with Gasteiger partial charge in [0.1, 0.15) is 0 Å². The number of rotatable bonds is 5. The van der Waals surface area contributed by atoms with Crippen LogP contribution in [0, 0.1) is 0 Å². The van der Waals surface area contributed by atoms with Crippen molar-refractivity contribution in [2.45, 2.75) is 38.0 Å². The molecule has 0 atom stereocenters. The first-order chi connectivity index (χ1) is 12.9. The summed E-state index contributed by atoms with van der Waals surface area (Å²) < 4.78 is 37.2.